The van der Waals surface area contributed by atoms with E-state index in [0.717, 1.165) is 24.1 Å². The number of hydrogen-bond acceptors (Lipinski definition) is 7. The number of aromatic carboxylic acids is 1. The van der Waals surface area contributed by atoms with Gasteiger partial charge in [-0.15, -0.1) is 11.3 Å². The Morgan fingerprint density at radius 2 is 1.92 bits per heavy atom. The summed E-state index contributed by atoms with van der Waals surface area (Å²) in [5.41, 5.74) is 0.410. The van der Waals surface area contributed by atoms with Crippen LogP contribution < -0.4 is 14.2 Å². The summed E-state index contributed by atoms with van der Waals surface area (Å²) in [6, 6.07) is 5.32. The third-order valence-electron chi connectivity index (χ3n) is 6.54. The summed E-state index contributed by atoms with van der Waals surface area (Å²) >= 11 is 2.17. The van der Waals surface area contributed by atoms with Crippen LogP contribution in [0, 0.1) is 17.6 Å². The fraction of sp³-hybridized carbons (Fsp3) is 0.385. The third kappa shape index (κ3) is 6.40. The van der Waals surface area contributed by atoms with Crippen molar-refractivity contribution in [1.82, 2.24) is 4.98 Å². The number of aromatic nitrogens is 1. The maximum absolute atomic E-state index is 15.7. The molecule has 0 amide bonds. The van der Waals surface area contributed by atoms with Gasteiger partial charge in [-0.2, -0.15) is 13.2 Å². The van der Waals surface area contributed by atoms with Gasteiger partial charge in [0.25, 0.3) is 0 Å². The Morgan fingerprint density at radius 3 is 2.54 bits per heavy atom. The molecule has 210 valence electrons. The Hall–Kier alpha value is -3.06. The average Bonchev–Trinajstić information content (AvgIpc) is 3.37. The van der Waals surface area contributed by atoms with Gasteiger partial charge in [0, 0.05) is 29.0 Å². The molecule has 1 saturated carbocycles. The molecule has 13 heteroatoms. The van der Waals surface area contributed by atoms with E-state index in [1.165, 1.54) is 18.4 Å². The van der Waals surface area contributed by atoms with Crippen molar-refractivity contribution in [3.05, 3.63) is 52.4 Å². The van der Waals surface area contributed by atoms with Crippen molar-refractivity contribution in [2.24, 2.45) is 5.92 Å². The highest BCUT2D eigenvalue weighted by atomic mass is 32.2. The van der Waals surface area contributed by atoms with Gasteiger partial charge in [-0.05, 0) is 50.7 Å². The Balaban J connectivity index is 1.53. The molecule has 1 aliphatic carbocycles. The smallest absolute Gasteiger partial charge is 0.391 e. The molecule has 0 bridgehead atoms. The molecule has 6 nitrogen and oxygen atoms in total. The molecule has 3 aromatic rings. The summed E-state index contributed by atoms with van der Waals surface area (Å²) in [6.07, 6.45) is -3.64. The fourth-order valence-corrected chi connectivity index (χ4v) is 6.19. The van der Waals surface area contributed by atoms with E-state index in [1.54, 1.807) is 24.4 Å². The van der Waals surface area contributed by atoms with Crippen molar-refractivity contribution in [2.45, 2.75) is 49.7 Å². The number of benzene rings is 2. The number of carbonyl (C=O) groups is 1. The van der Waals surface area contributed by atoms with Crippen LogP contribution in [0.25, 0.3) is 10.6 Å². The van der Waals surface area contributed by atoms with Crippen LogP contribution in [0.3, 0.4) is 0 Å². The van der Waals surface area contributed by atoms with Gasteiger partial charge in [-0.3, -0.25) is 0 Å². The number of thiazole rings is 1. The van der Waals surface area contributed by atoms with Crippen LogP contribution >= 0.6 is 23.3 Å². The van der Waals surface area contributed by atoms with Crippen LogP contribution in [0.2, 0.25) is 0 Å². The molecular weight excluding hydrogens is 563 g/mol. The number of rotatable bonds is 9. The summed E-state index contributed by atoms with van der Waals surface area (Å²) in [5, 5.41) is 11.5. The van der Waals surface area contributed by atoms with E-state index < -0.39 is 35.3 Å². The van der Waals surface area contributed by atoms with Crippen molar-refractivity contribution < 1.29 is 41.3 Å². The lowest BCUT2D eigenvalue weighted by molar-refractivity contribution is -0.182. The van der Waals surface area contributed by atoms with Crippen molar-refractivity contribution in [1.29, 1.82) is 0 Å². The molecule has 0 unspecified atom stereocenters. The van der Waals surface area contributed by atoms with E-state index in [2.05, 4.69) is 9.71 Å². The van der Waals surface area contributed by atoms with Crippen LogP contribution in [0.15, 0.2) is 34.7 Å². The van der Waals surface area contributed by atoms with Crippen LogP contribution in [0.4, 0.5) is 27.6 Å². The van der Waals surface area contributed by atoms with E-state index in [1.807, 2.05) is 0 Å². The van der Waals surface area contributed by atoms with E-state index >= 15 is 4.39 Å². The fourth-order valence-electron chi connectivity index (χ4n) is 4.58. The first-order chi connectivity index (χ1) is 18.5. The second kappa shape index (κ2) is 12.0. The first kappa shape index (κ1) is 28.9. The first-order valence-electron chi connectivity index (χ1n) is 12.0. The van der Waals surface area contributed by atoms with Crippen LogP contribution in [-0.4, -0.2) is 36.0 Å². The lowest BCUT2D eigenvalue weighted by atomic mass is 9.78. The predicted molar refractivity (Wildman–Crippen MR) is 139 cm³/mol. The van der Waals surface area contributed by atoms with E-state index in [0.29, 0.717) is 28.4 Å². The molecule has 1 aliphatic rings. The van der Waals surface area contributed by atoms with Crippen molar-refractivity contribution in [3.63, 3.8) is 0 Å². The first-order valence-corrected chi connectivity index (χ1v) is 13.7. The molecule has 39 heavy (non-hydrogen) atoms. The second-order valence-electron chi connectivity index (χ2n) is 8.90. The van der Waals surface area contributed by atoms with Crippen LogP contribution in [0.1, 0.15) is 54.4 Å². The number of halogens is 5. The van der Waals surface area contributed by atoms with E-state index in [-0.39, 0.29) is 48.1 Å². The normalized spacial score (nSPS) is 17.6. The minimum Gasteiger partial charge on any atom is -0.495 e. The minimum absolute atomic E-state index is 0.00309. The summed E-state index contributed by atoms with van der Waals surface area (Å²) in [4.78, 5) is 15.6. The monoisotopic (exact) mass is 588 g/mol. The highest BCUT2D eigenvalue weighted by Crippen LogP contribution is 2.46. The third-order valence-corrected chi connectivity index (χ3v) is 8.31. The molecule has 2 aromatic carbocycles. The highest BCUT2D eigenvalue weighted by molar-refractivity contribution is 8.00. The zero-order valence-electron chi connectivity index (χ0n) is 20.9. The molecule has 0 spiro atoms. The molecule has 0 atom stereocenters. The number of anilines is 1. The molecule has 0 radical (unpaired) electrons. The van der Waals surface area contributed by atoms with Crippen LogP contribution in [0.5, 0.6) is 11.5 Å². The number of carboxylic acids is 1. The minimum atomic E-state index is -4.22. The molecule has 4 rings (SSSR count). The second-order valence-corrected chi connectivity index (χ2v) is 10.6. The van der Waals surface area contributed by atoms with Crippen molar-refractivity contribution >= 4 is 34.9 Å². The van der Waals surface area contributed by atoms with Gasteiger partial charge in [-0.25, -0.2) is 18.6 Å². The zero-order valence-corrected chi connectivity index (χ0v) is 22.5. The lowest BCUT2D eigenvalue weighted by Gasteiger charge is -2.31. The summed E-state index contributed by atoms with van der Waals surface area (Å²) in [7, 11) is 1.32. The lowest BCUT2D eigenvalue weighted by Crippen LogP contribution is -2.27. The molecule has 0 aliphatic heterocycles. The maximum atomic E-state index is 15.7. The molecule has 1 heterocycles. The molecule has 1 aromatic heterocycles. The average molecular weight is 589 g/mol. The largest absolute Gasteiger partial charge is 0.495 e. The highest BCUT2D eigenvalue weighted by Gasteiger charge is 2.42. The van der Waals surface area contributed by atoms with E-state index in [9.17, 15) is 22.4 Å². The number of ether oxygens (including phenoxy) is 2. The number of hydrogen-bond donors (Lipinski definition) is 2. The molecule has 2 N–H and O–H groups in total. The van der Waals surface area contributed by atoms with Gasteiger partial charge in [0.15, 0.2) is 11.6 Å². The quantitative estimate of drug-likeness (QED) is 0.193. The van der Waals surface area contributed by atoms with Gasteiger partial charge in [0.05, 0.1) is 36.4 Å². The summed E-state index contributed by atoms with van der Waals surface area (Å²) in [5.74, 6) is -4.41. The number of methoxy groups -OCH3 is 1. The van der Waals surface area contributed by atoms with Gasteiger partial charge in [0.1, 0.15) is 21.6 Å². The predicted octanol–water partition coefficient (Wildman–Crippen LogP) is 8.15. The summed E-state index contributed by atoms with van der Waals surface area (Å²) in [6.45, 7) is 1.90. The maximum Gasteiger partial charge on any atom is 0.391 e. The van der Waals surface area contributed by atoms with Gasteiger partial charge < -0.3 is 19.3 Å². The van der Waals surface area contributed by atoms with Gasteiger partial charge in [0.2, 0.25) is 0 Å². The topological polar surface area (TPSA) is 80.7 Å². The summed E-state index contributed by atoms with van der Waals surface area (Å²) < 4.78 is 82.7. The van der Waals surface area contributed by atoms with Gasteiger partial charge in [-0.1, -0.05) is 6.07 Å². The molecule has 0 saturated heterocycles. The van der Waals surface area contributed by atoms with Crippen molar-refractivity contribution in [3.8, 4) is 22.1 Å². The van der Waals surface area contributed by atoms with Crippen molar-refractivity contribution in [2.75, 3.05) is 18.4 Å². The number of nitrogens with one attached hydrogen (secondary N) is 1. The molecular formula is C26H25F5N2O4S2. The SMILES string of the molecule is CCOc1c(C2CCC(C(F)(F)F)CC2)ccc(-c2nc(SNc3cc(F)c(C(=O)O)cc3OC)cs2)c1F. The Morgan fingerprint density at radius 1 is 1.21 bits per heavy atom. The Labute approximate surface area is 229 Å². The molecule has 1 fully saturated rings. The number of nitrogens with zero attached hydrogens (tertiary/aromatic N) is 1. The van der Waals surface area contributed by atoms with Crippen LogP contribution in [-0.2, 0) is 0 Å². The standard InChI is InChI=1S/C26H25F5N2O4S2/c1-3-37-23-15(13-4-6-14(7-5-13)26(29,30)31)8-9-16(22(23)28)24-32-21(12-38-24)39-33-19-11-18(27)17(25(34)35)10-20(19)36-2/h8-14,33H,3-7H2,1-2H3,(H,34,35). The van der Waals surface area contributed by atoms with E-state index in [4.69, 9.17) is 14.6 Å². The Bertz CT molecular complexity index is 1340. The van der Waals surface area contributed by atoms with Gasteiger partial charge >= 0.3 is 12.1 Å². The zero-order chi connectivity index (χ0) is 28.3. The number of alkyl halides is 3. The number of carboxylic acid groups (broad SMARTS) is 1. The Kier molecular flexibility index (Phi) is 8.90.